The molecular weight excluding hydrogens is 379 g/mol. The highest BCUT2D eigenvalue weighted by atomic mass is 35.5. The van der Waals surface area contributed by atoms with E-state index in [1.54, 1.807) is 54.6 Å². The highest BCUT2D eigenvalue weighted by molar-refractivity contribution is 6.30. The summed E-state index contributed by atoms with van der Waals surface area (Å²) in [5.74, 6) is -1.37. The van der Waals surface area contributed by atoms with Gasteiger partial charge in [0.15, 0.2) is 0 Å². The minimum Gasteiger partial charge on any atom is -0.321 e. The average molecular weight is 395 g/mol. The third-order valence-corrected chi connectivity index (χ3v) is 4.06. The summed E-state index contributed by atoms with van der Waals surface area (Å²) < 4.78 is 13.1. The highest BCUT2D eigenvalue weighted by Crippen LogP contribution is 2.14. The number of hydrogen-bond donors (Lipinski definition) is 2. The Bertz CT molecular complexity index is 1000. The van der Waals surface area contributed by atoms with Crippen molar-refractivity contribution >= 4 is 35.2 Å². The molecule has 0 heterocycles. The molecule has 4 nitrogen and oxygen atoms in total. The van der Waals surface area contributed by atoms with Crippen molar-refractivity contribution in [2.75, 3.05) is 5.32 Å². The Morgan fingerprint density at radius 3 is 2.14 bits per heavy atom. The van der Waals surface area contributed by atoms with Crippen LogP contribution in [0.4, 0.5) is 10.1 Å². The zero-order valence-electron chi connectivity index (χ0n) is 14.7. The lowest BCUT2D eigenvalue weighted by Crippen LogP contribution is -2.30. The summed E-state index contributed by atoms with van der Waals surface area (Å²) >= 11 is 5.89. The first-order chi connectivity index (χ1) is 13.5. The lowest BCUT2D eigenvalue weighted by molar-refractivity contribution is -0.113. The smallest absolute Gasteiger partial charge is 0.272 e. The quantitative estimate of drug-likeness (QED) is 0.605. The number of amides is 2. The normalized spacial score (nSPS) is 11.0. The molecule has 3 aromatic rings. The van der Waals surface area contributed by atoms with E-state index in [-0.39, 0.29) is 5.70 Å². The molecule has 6 heteroatoms. The van der Waals surface area contributed by atoms with E-state index in [9.17, 15) is 14.0 Å². The Morgan fingerprint density at radius 2 is 1.50 bits per heavy atom. The molecule has 0 bridgehead atoms. The molecule has 3 rings (SSSR count). The zero-order valence-corrected chi connectivity index (χ0v) is 15.4. The number of rotatable bonds is 5. The second-order valence-corrected chi connectivity index (χ2v) is 6.33. The van der Waals surface area contributed by atoms with Gasteiger partial charge in [-0.25, -0.2) is 4.39 Å². The van der Waals surface area contributed by atoms with Crippen LogP contribution in [-0.2, 0) is 4.79 Å². The van der Waals surface area contributed by atoms with Gasteiger partial charge in [0.25, 0.3) is 11.8 Å². The van der Waals surface area contributed by atoms with E-state index in [1.165, 1.54) is 30.3 Å². The summed E-state index contributed by atoms with van der Waals surface area (Å²) in [6.07, 6.45) is 1.54. The van der Waals surface area contributed by atoms with Gasteiger partial charge in [-0.2, -0.15) is 0 Å². The van der Waals surface area contributed by atoms with Gasteiger partial charge < -0.3 is 10.6 Å². The lowest BCUT2D eigenvalue weighted by Gasteiger charge is -2.11. The van der Waals surface area contributed by atoms with Gasteiger partial charge in [0.1, 0.15) is 11.5 Å². The third-order valence-electron chi connectivity index (χ3n) is 3.81. The van der Waals surface area contributed by atoms with E-state index in [2.05, 4.69) is 10.6 Å². The van der Waals surface area contributed by atoms with Crippen LogP contribution in [0.1, 0.15) is 15.9 Å². The van der Waals surface area contributed by atoms with Crippen LogP contribution in [0.25, 0.3) is 6.08 Å². The molecule has 0 saturated carbocycles. The van der Waals surface area contributed by atoms with E-state index in [0.717, 1.165) is 0 Å². The number of carbonyl (C=O) groups excluding carboxylic acids is 2. The van der Waals surface area contributed by atoms with Crippen LogP contribution in [0, 0.1) is 5.82 Å². The Balaban J connectivity index is 1.86. The molecule has 0 aromatic heterocycles. The summed E-state index contributed by atoms with van der Waals surface area (Å²) in [4.78, 5) is 25.2. The summed E-state index contributed by atoms with van der Waals surface area (Å²) in [7, 11) is 0. The highest BCUT2D eigenvalue weighted by Gasteiger charge is 2.15. The van der Waals surface area contributed by atoms with Gasteiger partial charge in [-0.1, -0.05) is 41.9 Å². The molecule has 2 amide bonds. The van der Waals surface area contributed by atoms with Gasteiger partial charge in [-0.3, -0.25) is 9.59 Å². The van der Waals surface area contributed by atoms with Crippen molar-refractivity contribution < 1.29 is 14.0 Å². The fraction of sp³-hybridized carbons (Fsp3) is 0. The average Bonchev–Trinajstić information content (AvgIpc) is 2.71. The first-order valence-corrected chi connectivity index (χ1v) is 8.79. The Hall–Kier alpha value is -3.44. The Kier molecular flexibility index (Phi) is 6.19. The van der Waals surface area contributed by atoms with Gasteiger partial charge in [0.2, 0.25) is 0 Å². The summed E-state index contributed by atoms with van der Waals surface area (Å²) in [5, 5.41) is 5.83. The fourth-order valence-corrected chi connectivity index (χ4v) is 2.53. The molecular formula is C22H16ClFN2O2. The molecule has 0 fully saturated rings. The van der Waals surface area contributed by atoms with E-state index < -0.39 is 17.6 Å². The largest absolute Gasteiger partial charge is 0.321 e. The SMILES string of the molecule is O=C(Nc1ccc(F)cc1)/C(=C/c1ccc(Cl)cc1)NC(=O)c1ccccc1. The molecule has 0 aliphatic carbocycles. The van der Waals surface area contributed by atoms with Gasteiger partial charge in [-0.05, 0) is 60.2 Å². The molecule has 0 unspecified atom stereocenters. The maximum Gasteiger partial charge on any atom is 0.272 e. The predicted molar refractivity (Wildman–Crippen MR) is 108 cm³/mol. The summed E-state index contributed by atoms with van der Waals surface area (Å²) in [6, 6.07) is 20.7. The molecule has 28 heavy (non-hydrogen) atoms. The summed E-state index contributed by atoms with van der Waals surface area (Å²) in [6.45, 7) is 0. The molecule has 3 aromatic carbocycles. The van der Waals surface area contributed by atoms with Crippen LogP contribution in [-0.4, -0.2) is 11.8 Å². The fourth-order valence-electron chi connectivity index (χ4n) is 2.40. The topological polar surface area (TPSA) is 58.2 Å². The van der Waals surface area contributed by atoms with Crippen molar-refractivity contribution in [2.24, 2.45) is 0 Å². The molecule has 0 radical (unpaired) electrons. The van der Waals surface area contributed by atoms with Crippen LogP contribution in [0.2, 0.25) is 5.02 Å². The van der Waals surface area contributed by atoms with Crippen LogP contribution in [0.5, 0.6) is 0 Å². The summed E-state index contributed by atoms with van der Waals surface area (Å²) in [5.41, 5.74) is 1.55. The van der Waals surface area contributed by atoms with Crippen LogP contribution >= 0.6 is 11.6 Å². The first kappa shape index (κ1) is 19.3. The number of anilines is 1. The molecule has 140 valence electrons. The Labute approximate surface area is 166 Å². The molecule has 0 atom stereocenters. The van der Waals surface area contributed by atoms with Crippen molar-refractivity contribution in [3.63, 3.8) is 0 Å². The van der Waals surface area contributed by atoms with Crippen molar-refractivity contribution in [2.45, 2.75) is 0 Å². The number of nitrogens with one attached hydrogen (secondary N) is 2. The van der Waals surface area contributed by atoms with Crippen molar-refractivity contribution in [3.8, 4) is 0 Å². The second-order valence-electron chi connectivity index (χ2n) is 5.89. The minimum atomic E-state index is -0.536. The van der Waals surface area contributed by atoms with Gasteiger partial charge in [0, 0.05) is 16.3 Å². The van der Waals surface area contributed by atoms with E-state index in [1.807, 2.05) is 0 Å². The second kappa shape index (κ2) is 8.97. The molecule has 0 aliphatic rings. The van der Waals surface area contributed by atoms with Gasteiger partial charge in [0.05, 0.1) is 0 Å². The van der Waals surface area contributed by atoms with E-state index in [4.69, 9.17) is 11.6 Å². The predicted octanol–water partition coefficient (Wildman–Crippen LogP) is 4.89. The Morgan fingerprint density at radius 1 is 0.857 bits per heavy atom. The van der Waals surface area contributed by atoms with Crippen molar-refractivity contribution in [1.29, 1.82) is 0 Å². The lowest BCUT2D eigenvalue weighted by atomic mass is 10.1. The molecule has 0 spiro atoms. The number of benzene rings is 3. The van der Waals surface area contributed by atoms with E-state index >= 15 is 0 Å². The number of halogens is 2. The number of hydrogen-bond acceptors (Lipinski definition) is 2. The van der Waals surface area contributed by atoms with Crippen LogP contribution in [0.15, 0.2) is 84.6 Å². The van der Waals surface area contributed by atoms with Gasteiger partial charge in [-0.15, -0.1) is 0 Å². The minimum absolute atomic E-state index is 0.0421. The zero-order chi connectivity index (χ0) is 19.9. The van der Waals surface area contributed by atoms with Gasteiger partial charge >= 0.3 is 0 Å². The maximum atomic E-state index is 13.1. The van der Waals surface area contributed by atoms with Crippen molar-refractivity contribution in [3.05, 3.63) is 107 Å². The third kappa shape index (κ3) is 5.28. The first-order valence-electron chi connectivity index (χ1n) is 8.42. The van der Waals surface area contributed by atoms with Crippen LogP contribution < -0.4 is 10.6 Å². The molecule has 0 saturated heterocycles. The van der Waals surface area contributed by atoms with Crippen molar-refractivity contribution in [1.82, 2.24) is 5.32 Å². The number of carbonyl (C=O) groups is 2. The standard InChI is InChI=1S/C22H16ClFN2O2/c23-17-8-6-15(7-9-17)14-20(26-21(27)16-4-2-1-3-5-16)22(28)25-19-12-10-18(24)11-13-19/h1-14H,(H,25,28)(H,26,27)/b20-14-. The molecule has 0 aliphatic heterocycles. The van der Waals surface area contributed by atoms with Crippen LogP contribution in [0.3, 0.4) is 0 Å². The van der Waals surface area contributed by atoms with E-state index in [0.29, 0.717) is 21.8 Å². The molecule has 2 N–H and O–H groups in total. The maximum absolute atomic E-state index is 13.1. The monoisotopic (exact) mass is 394 g/mol.